The van der Waals surface area contributed by atoms with Gasteiger partial charge in [0.25, 0.3) is 0 Å². The molecule has 3 fully saturated rings. The van der Waals surface area contributed by atoms with Gasteiger partial charge in [-0.25, -0.2) is 4.79 Å². The quantitative estimate of drug-likeness (QED) is 0.436. The molecule has 0 spiro atoms. The van der Waals surface area contributed by atoms with Crippen LogP contribution in [-0.2, 0) is 38.1 Å². The van der Waals surface area contributed by atoms with Gasteiger partial charge in [-0.2, -0.15) is 0 Å². The van der Waals surface area contributed by atoms with E-state index in [1.54, 1.807) is 6.92 Å². The molecular weight excluding hydrogens is 460 g/mol. The van der Waals surface area contributed by atoms with Crippen LogP contribution in [0.3, 0.4) is 0 Å². The average Bonchev–Trinajstić information content (AvgIpc) is 3.04. The van der Waals surface area contributed by atoms with Crippen LogP contribution in [0.4, 0.5) is 0 Å². The summed E-state index contributed by atoms with van der Waals surface area (Å²) in [6.07, 6.45) is 0.156. The lowest BCUT2D eigenvalue weighted by Crippen LogP contribution is -2.75. The minimum Gasteiger partial charge on any atom is -0.469 e. The highest BCUT2D eigenvalue weighted by Gasteiger charge is 2.75. The third kappa shape index (κ3) is 3.51. The van der Waals surface area contributed by atoms with Gasteiger partial charge in [0.2, 0.25) is 5.79 Å². The van der Waals surface area contributed by atoms with E-state index in [0.717, 1.165) is 6.08 Å². The molecule has 194 valence electrons. The molecule has 10 nitrogen and oxygen atoms in total. The Kier molecular flexibility index (Phi) is 5.88. The molecule has 8 atom stereocenters. The van der Waals surface area contributed by atoms with Crippen molar-refractivity contribution >= 4 is 23.9 Å². The highest BCUT2D eigenvalue weighted by Crippen LogP contribution is 2.69. The average molecular weight is 495 g/mol. The van der Waals surface area contributed by atoms with E-state index in [1.165, 1.54) is 21.0 Å². The van der Waals surface area contributed by atoms with Crippen molar-refractivity contribution in [2.24, 2.45) is 28.6 Å². The molecule has 4 rings (SSSR count). The minimum atomic E-state index is -2.11. The number of carbonyl (C=O) groups excluding carboxylic acids is 4. The molecule has 0 saturated heterocycles. The van der Waals surface area contributed by atoms with Crippen molar-refractivity contribution in [1.29, 1.82) is 0 Å². The summed E-state index contributed by atoms with van der Waals surface area (Å²) >= 11 is 0. The largest absolute Gasteiger partial charge is 0.469 e. The Bertz CT molecular complexity index is 1000. The van der Waals surface area contributed by atoms with Crippen molar-refractivity contribution in [1.82, 2.24) is 0 Å². The standard InChI is InChI=1S/C25H34O10/c1-12(26)33-16-11-25(31)22(3,4)8-7-17(34-13(2)27)23(25,5)15-10-24(30)14(9-18(28)35-24)20(19(15)16)21(29)32-6/h9,15-17,19-20,30-31H,7-8,10-11H2,1-6H3/t15-,16-,17-,19-,20+,23-,24+,25+/m0/s1. The molecule has 10 heteroatoms. The van der Waals surface area contributed by atoms with Crippen LogP contribution in [0.2, 0.25) is 0 Å². The van der Waals surface area contributed by atoms with E-state index in [2.05, 4.69) is 0 Å². The number of hydrogen-bond donors (Lipinski definition) is 2. The van der Waals surface area contributed by atoms with Crippen molar-refractivity contribution < 1.29 is 48.3 Å². The number of methoxy groups -OCH3 is 1. The number of rotatable bonds is 3. The Morgan fingerprint density at radius 1 is 1.06 bits per heavy atom. The van der Waals surface area contributed by atoms with Gasteiger partial charge < -0.3 is 29.2 Å². The topological polar surface area (TPSA) is 146 Å². The summed E-state index contributed by atoms with van der Waals surface area (Å²) in [4.78, 5) is 49.7. The van der Waals surface area contributed by atoms with Gasteiger partial charge >= 0.3 is 23.9 Å². The summed E-state index contributed by atoms with van der Waals surface area (Å²) in [7, 11) is 1.19. The van der Waals surface area contributed by atoms with E-state index in [0.29, 0.717) is 12.8 Å². The molecule has 0 aromatic carbocycles. The van der Waals surface area contributed by atoms with E-state index in [-0.39, 0.29) is 18.4 Å². The van der Waals surface area contributed by atoms with Gasteiger partial charge in [0.1, 0.15) is 12.2 Å². The molecule has 0 bridgehead atoms. The number of esters is 4. The van der Waals surface area contributed by atoms with Crippen LogP contribution in [0.1, 0.15) is 60.3 Å². The Morgan fingerprint density at radius 2 is 1.69 bits per heavy atom. The van der Waals surface area contributed by atoms with Gasteiger partial charge in [0, 0.05) is 49.7 Å². The predicted molar refractivity (Wildman–Crippen MR) is 118 cm³/mol. The molecule has 0 amide bonds. The van der Waals surface area contributed by atoms with Gasteiger partial charge in [-0.15, -0.1) is 0 Å². The van der Waals surface area contributed by atoms with Gasteiger partial charge in [-0.05, 0) is 24.2 Å². The third-order valence-corrected chi connectivity index (χ3v) is 9.16. The second-order valence-electron chi connectivity index (χ2n) is 11.2. The van der Waals surface area contributed by atoms with Crippen LogP contribution in [-0.4, -0.2) is 64.8 Å². The molecule has 1 heterocycles. The Labute approximate surface area is 203 Å². The summed E-state index contributed by atoms with van der Waals surface area (Å²) in [6.45, 7) is 8.11. The molecule has 4 aliphatic rings. The summed E-state index contributed by atoms with van der Waals surface area (Å²) < 4.78 is 21.8. The summed E-state index contributed by atoms with van der Waals surface area (Å²) in [5.74, 6) is -7.47. The van der Waals surface area contributed by atoms with Crippen LogP contribution < -0.4 is 0 Å². The smallest absolute Gasteiger partial charge is 0.333 e. The SMILES string of the molecule is COC(=O)[C@@H]1C2=CC(=O)O[C@]2(O)C[C@H]2[C@H]1[C@@H](OC(C)=O)C[C@@]1(O)C(C)(C)CC[C@H](OC(C)=O)[C@]21C. The van der Waals surface area contributed by atoms with Crippen LogP contribution >= 0.6 is 0 Å². The Morgan fingerprint density at radius 3 is 2.26 bits per heavy atom. The predicted octanol–water partition coefficient (Wildman–Crippen LogP) is 1.41. The first-order valence-corrected chi connectivity index (χ1v) is 11.9. The summed E-state index contributed by atoms with van der Waals surface area (Å²) in [6, 6.07) is 0. The van der Waals surface area contributed by atoms with Crippen molar-refractivity contribution in [3.05, 3.63) is 11.6 Å². The van der Waals surface area contributed by atoms with E-state index >= 15 is 0 Å². The summed E-state index contributed by atoms with van der Waals surface area (Å²) in [5.41, 5.74) is -3.38. The molecule has 3 aliphatic carbocycles. The zero-order chi connectivity index (χ0) is 26.1. The fraction of sp³-hybridized carbons (Fsp3) is 0.760. The second-order valence-corrected chi connectivity index (χ2v) is 11.2. The Hall–Kier alpha value is -2.46. The summed E-state index contributed by atoms with van der Waals surface area (Å²) in [5, 5.41) is 23.9. The van der Waals surface area contributed by atoms with E-state index in [1.807, 2.05) is 13.8 Å². The molecular formula is C25H34O10. The van der Waals surface area contributed by atoms with Crippen molar-refractivity contribution in [2.45, 2.75) is 83.9 Å². The molecule has 1 aliphatic heterocycles. The monoisotopic (exact) mass is 494 g/mol. The van der Waals surface area contributed by atoms with Crippen LogP contribution in [0, 0.1) is 28.6 Å². The molecule has 0 aromatic heterocycles. The van der Waals surface area contributed by atoms with Crippen molar-refractivity contribution in [2.75, 3.05) is 7.11 Å². The van der Waals surface area contributed by atoms with Crippen molar-refractivity contribution in [3.8, 4) is 0 Å². The lowest BCUT2D eigenvalue weighted by molar-refractivity contribution is -0.316. The number of carbonyl (C=O) groups is 4. The fourth-order valence-electron chi connectivity index (χ4n) is 7.54. The first kappa shape index (κ1) is 25.6. The Balaban J connectivity index is 1.97. The van der Waals surface area contributed by atoms with Gasteiger partial charge in [0.15, 0.2) is 0 Å². The van der Waals surface area contributed by atoms with E-state index in [4.69, 9.17) is 18.9 Å². The highest BCUT2D eigenvalue weighted by molar-refractivity contribution is 5.90. The normalized spacial score (nSPS) is 43.5. The number of ether oxygens (including phenoxy) is 4. The minimum absolute atomic E-state index is 0.0248. The van der Waals surface area contributed by atoms with E-state index in [9.17, 15) is 29.4 Å². The zero-order valence-corrected chi connectivity index (χ0v) is 21.0. The second kappa shape index (κ2) is 8.03. The first-order chi connectivity index (χ1) is 16.1. The van der Waals surface area contributed by atoms with Gasteiger partial charge in [-0.1, -0.05) is 20.8 Å². The first-order valence-electron chi connectivity index (χ1n) is 11.9. The molecule has 35 heavy (non-hydrogen) atoms. The zero-order valence-electron chi connectivity index (χ0n) is 21.0. The molecule has 2 N–H and O–H groups in total. The van der Waals surface area contributed by atoms with Gasteiger partial charge in [-0.3, -0.25) is 14.4 Å². The number of hydrogen-bond acceptors (Lipinski definition) is 10. The van der Waals surface area contributed by atoms with E-state index < -0.39 is 76.1 Å². The van der Waals surface area contributed by atoms with Crippen LogP contribution in [0.15, 0.2) is 11.6 Å². The fourth-order valence-corrected chi connectivity index (χ4v) is 7.54. The lowest BCUT2D eigenvalue weighted by Gasteiger charge is -2.69. The highest BCUT2D eigenvalue weighted by atomic mass is 16.7. The lowest BCUT2D eigenvalue weighted by atomic mass is 9.39. The number of aliphatic hydroxyl groups is 2. The molecule has 0 aromatic rings. The maximum Gasteiger partial charge on any atom is 0.333 e. The molecule has 3 saturated carbocycles. The number of fused-ring (bicyclic) bond motifs is 4. The third-order valence-electron chi connectivity index (χ3n) is 9.16. The maximum absolute atomic E-state index is 13.1. The molecule has 0 unspecified atom stereocenters. The van der Waals surface area contributed by atoms with Crippen molar-refractivity contribution in [3.63, 3.8) is 0 Å². The van der Waals surface area contributed by atoms with Crippen LogP contribution in [0.25, 0.3) is 0 Å². The maximum atomic E-state index is 13.1. The molecule has 0 radical (unpaired) electrons. The van der Waals surface area contributed by atoms with Crippen LogP contribution in [0.5, 0.6) is 0 Å². The van der Waals surface area contributed by atoms with Gasteiger partial charge in [0.05, 0.1) is 18.6 Å².